The summed E-state index contributed by atoms with van der Waals surface area (Å²) in [4.78, 5) is 12.1. The van der Waals surface area contributed by atoms with Gasteiger partial charge in [-0.25, -0.2) is 4.79 Å². The van der Waals surface area contributed by atoms with Crippen molar-refractivity contribution in [3.8, 4) is 0 Å². The average molecular weight is 293 g/mol. The molecule has 0 atom stereocenters. The van der Waals surface area contributed by atoms with Crippen LogP contribution in [0, 0.1) is 0 Å². The zero-order valence-electron chi connectivity index (χ0n) is 12.5. The SMILES string of the molecule is COCCCOCCOC(=O)c1cccc2c1CCCN2. The number of carbonyl (C=O) groups is 1. The first kappa shape index (κ1) is 15.8. The Balaban J connectivity index is 1.76. The number of ether oxygens (including phenoxy) is 3. The van der Waals surface area contributed by atoms with E-state index in [2.05, 4.69) is 5.32 Å². The minimum atomic E-state index is -0.268. The number of hydrogen-bond donors (Lipinski definition) is 1. The van der Waals surface area contributed by atoms with E-state index in [0.29, 0.717) is 25.4 Å². The first-order chi connectivity index (χ1) is 10.3. The topological polar surface area (TPSA) is 56.8 Å². The van der Waals surface area contributed by atoms with Crippen molar-refractivity contribution in [2.45, 2.75) is 19.3 Å². The number of esters is 1. The molecular formula is C16H23NO4. The Morgan fingerprint density at radius 2 is 2.14 bits per heavy atom. The van der Waals surface area contributed by atoms with Gasteiger partial charge >= 0.3 is 5.97 Å². The van der Waals surface area contributed by atoms with Crippen LogP contribution in [0.1, 0.15) is 28.8 Å². The maximum Gasteiger partial charge on any atom is 0.338 e. The van der Waals surface area contributed by atoms with Gasteiger partial charge in [0.2, 0.25) is 0 Å². The molecule has 0 saturated carbocycles. The molecule has 0 radical (unpaired) electrons. The normalized spacial score (nSPS) is 13.4. The Labute approximate surface area is 125 Å². The van der Waals surface area contributed by atoms with E-state index in [1.165, 1.54) is 0 Å². The Hall–Kier alpha value is -1.59. The molecule has 5 nitrogen and oxygen atoms in total. The van der Waals surface area contributed by atoms with E-state index in [-0.39, 0.29) is 12.6 Å². The van der Waals surface area contributed by atoms with Crippen molar-refractivity contribution in [1.29, 1.82) is 0 Å². The van der Waals surface area contributed by atoms with Crippen LogP contribution in [0.3, 0.4) is 0 Å². The van der Waals surface area contributed by atoms with Gasteiger partial charge in [0, 0.05) is 32.6 Å². The highest BCUT2D eigenvalue weighted by Crippen LogP contribution is 2.25. The lowest BCUT2D eigenvalue weighted by Gasteiger charge is -2.20. The molecule has 5 heteroatoms. The third kappa shape index (κ3) is 4.72. The Morgan fingerprint density at radius 1 is 1.24 bits per heavy atom. The molecule has 1 aliphatic rings. The smallest absolute Gasteiger partial charge is 0.338 e. The zero-order valence-corrected chi connectivity index (χ0v) is 12.5. The second kappa shape index (κ2) is 8.64. The molecule has 1 N–H and O–H groups in total. The fourth-order valence-corrected chi connectivity index (χ4v) is 2.38. The van der Waals surface area contributed by atoms with Crippen LogP contribution in [0.15, 0.2) is 18.2 Å². The van der Waals surface area contributed by atoms with Gasteiger partial charge in [0.05, 0.1) is 12.2 Å². The van der Waals surface area contributed by atoms with E-state index < -0.39 is 0 Å². The van der Waals surface area contributed by atoms with Crippen LogP contribution in [0.25, 0.3) is 0 Å². The van der Waals surface area contributed by atoms with Gasteiger partial charge in [-0.3, -0.25) is 0 Å². The lowest BCUT2D eigenvalue weighted by molar-refractivity contribution is 0.0287. The standard InChI is InChI=1S/C16H23NO4/c1-19-9-4-10-20-11-12-21-16(18)14-5-2-7-15-13(14)6-3-8-17-15/h2,5,7,17H,3-4,6,8-12H2,1H3. The Kier molecular flexibility index (Phi) is 6.50. The van der Waals surface area contributed by atoms with Crippen molar-refractivity contribution in [1.82, 2.24) is 0 Å². The Bertz CT molecular complexity index is 462. The maximum absolute atomic E-state index is 12.1. The molecule has 0 bridgehead atoms. The molecule has 116 valence electrons. The second-order valence-corrected chi connectivity index (χ2v) is 4.96. The number of methoxy groups -OCH3 is 1. The quantitative estimate of drug-likeness (QED) is 0.588. The Morgan fingerprint density at radius 3 is 3.00 bits per heavy atom. The molecule has 0 fully saturated rings. The molecule has 0 saturated heterocycles. The number of rotatable bonds is 8. The molecule has 0 amide bonds. The number of hydrogen-bond acceptors (Lipinski definition) is 5. The van der Waals surface area contributed by atoms with Gasteiger partial charge in [0.1, 0.15) is 6.61 Å². The summed E-state index contributed by atoms with van der Waals surface area (Å²) in [6.07, 6.45) is 2.81. The molecule has 0 unspecified atom stereocenters. The molecule has 1 aliphatic heterocycles. The highest BCUT2D eigenvalue weighted by Gasteiger charge is 2.18. The van der Waals surface area contributed by atoms with Gasteiger partial charge in [0.15, 0.2) is 0 Å². The minimum Gasteiger partial charge on any atom is -0.460 e. The number of carbonyl (C=O) groups excluding carboxylic acids is 1. The van der Waals surface area contributed by atoms with Gasteiger partial charge in [-0.1, -0.05) is 6.07 Å². The average Bonchev–Trinajstić information content (AvgIpc) is 2.53. The lowest BCUT2D eigenvalue weighted by Crippen LogP contribution is -2.18. The summed E-state index contributed by atoms with van der Waals surface area (Å²) < 4.78 is 15.6. The molecule has 21 heavy (non-hydrogen) atoms. The molecular weight excluding hydrogens is 270 g/mol. The van der Waals surface area contributed by atoms with E-state index in [4.69, 9.17) is 14.2 Å². The van der Waals surface area contributed by atoms with E-state index >= 15 is 0 Å². The predicted octanol–water partition coefficient (Wildman–Crippen LogP) is 2.25. The maximum atomic E-state index is 12.1. The first-order valence-corrected chi connectivity index (χ1v) is 7.42. The summed E-state index contributed by atoms with van der Waals surface area (Å²) in [5.41, 5.74) is 2.78. The number of benzene rings is 1. The number of anilines is 1. The molecule has 1 aromatic rings. The molecule has 1 heterocycles. The van der Waals surface area contributed by atoms with Crippen molar-refractivity contribution in [2.75, 3.05) is 45.4 Å². The monoisotopic (exact) mass is 293 g/mol. The van der Waals surface area contributed by atoms with Gasteiger partial charge < -0.3 is 19.5 Å². The fourth-order valence-electron chi connectivity index (χ4n) is 2.38. The van der Waals surface area contributed by atoms with Crippen molar-refractivity contribution < 1.29 is 19.0 Å². The van der Waals surface area contributed by atoms with Gasteiger partial charge in [-0.05, 0) is 37.0 Å². The molecule has 0 aromatic heterocycles. The summed E-state index contributed by atoms with van der Waals surface area (Å²) in [5.74, 6) is -0.268. The van der Waals surface area contributed by atoms with Crippen molar-refractivity contribution >= 4 is 11.7 Å². The van der Waals surface area contributed by atoms with Crippen molar-refractivity contribution in [2.24, 2.45) is 0 Å². The summed E-state index contributed by atoms with van der Waals surface area (Å²) in [5, 5.41) is 3.31. The predicted molar refractivity (Wildman–Crippen MR) is 80.8 cm³/mol. The summed E-state index contributed by atoms with van der Waals surface area (Å²) in [6.45, 7) is 2.96. The van der Waals surface area contributed by atoms with Gasteiger partial charge in [0.25, 0.3) is 0 Å². The van der Waals surface area contributed by atoms with Crippen LogP contribution in [0.4, 0.5) is 5.69 Å². The van der Waals surface area contributed by atoms with Crippen LogP contribution in [-0.4, -0.2) is 46.1 Å². The molecule has 0 aliphatic carbocycles. The van der Waals surface area contributed by atoms with Crippen LogP contribution >= 0.6 is 0 Å². The largest absolute Gasteiger partial charge is 0.460 e. The van der Waals surface area contributed by atoms with Crippen molar-refractivity contribution in [3.05, 3.63) is 29.3 Å². The zero-order chi connectivity index (χ0) is 14.9. The molecule has 2 rings (SSSR count). The van der Waals surface area contributed by atoms with Crippen LogP contribution in [0.2, 0.25) is 0 Å². The third-order valence-electron chi connectivity index (χ3n) is 3.41. The summed E-state index contributed by atoms with van der Waals surface area (Å²) in [7, 11) is 1.66. The van der Waals surface area contributed by atoms with Gasteiger partial charge in [-0.15, -0.1) is 0 Å². The van der Waals surface area contributed by atoms with Crippen LogP contribution in [-0.2, 0) is 20.6 Å². The minimum absolute atomic E-state index is 0.268. The first-order valence-electron chi connectivity index (χ1n) is 7.42. The second-order valence-electron chi connectivity index (χ2n) is 4.96. The van der Waals surface area contributed by atoms with E-state index in [1.54, 1.807) is 7.11 Å². The van der Waals surface area contributed by atoms with E-state index in [9.17, 15) is 4.79 Å². The van der Waals surface area contributed by atoms with E-state index in [0.717, 1.165) is 37.1 Å². The van der Waals surface area contributed by atoms with Crippen molar-refractivity contribution in [3.63, 3.8) is 0 Å². The highest BCUT2D eigenvalue weighted by atomic mass is 16.6. The molecule has 0 spiro atoms. The van der Waals surface area contributed by atoms with Gasteiger partial charge in [-0.2, -0.15) is 0 Å². The summed E-state index contributed by atoms with van der Waals surface area (Å²) >= 11 is 0. The third-order valence-corrected chi connectivity index (χ3v) is 3.41. The number of nitrogens with one attached hydrogen (secondary N) is 1. The fraction of sp³-hybridized carbons (Fsp3) is 0.562. The van der Waals surface area contributed by atoms with Crippen LogP contribution < -0.4 is 5.32 Å². The lowest BCUT2D eigenvalue weighted by atomic mass is 9.98. The molecule has 1 aromatic carbocycles. The highest BCUT2D eigenvalue weighted by molar-refractivity contribution is 5.93. The number of fused-ring (bicyclic) bond motifs is 1. The summed E-state index contributed by atoms with van der Waals surface area (Å²) in [6, 6.07) is 5.72. The van der Waals surface area contributed by atoms with Crippen LogP contribution in [0.5, 0.6) is 0 Å². The van der Waals surface area contributed by atoms with E-state index in [1.807, 2.05) is 18.2 Å².